The van der Waals surface area contributed by atoms with E-state index in [1.54, 1.807) is 16.8 Å². The number of hydrogen-bond donors (Lipinski definition) is 0. The monoisotopic (exact) mass is 296 g/mol. The van der Waals surface area contributed by atoms with Gasteiger partial charge in [-0.3, -0.25) is 9.48 Å². The van der Waals surface area contributed by atoms with Crippen LogP contribution in [0.1, 0.15) is 41.5 Å². The fourth-order valence-electron chi connectivity index (χ4n) is 1.82. The second-order valence-corrected chi connectivity index (χ2v) is 5.49. The van der Waals surface area contributed by atoms with Crippen molar-refractivity contribution in [2.24, 2.45) is 0 Å². The molecule has 19 heavy (non-hydrogen) atoms. The molecule has 5 heteroatoms. The van der Waals surface area contributed by atoms with E-state index in [2.05, 4.69) is 5.10 Å². The lowest BCUT2D eigenvalue weighted by atomic mass is 10.1. The van der Waals surface area contributed by atoms with E-state index in [1.165, 1.54) is 6.20 Å². The van der Waals surface area contributed by atoms with Crippen molar-refractivity contribution < 1.29 is 4.79 Å². The molecule has 2 rings (SSSR count). The number of ketones is 1. The van der Waals surface area contributed by atoms with E-state index in [9.17, 15) is 4.79 Å². The van der Waals surface area contributed by atoms with Crippen LogP contribution in [0, 0.1) is 6.92 Å². The van der Waals surface area contributed by atoms with Crippen LogP contribution in [0.4, 0.5) is 0 Å². The molecule has 0 saturated carbocycles. The molecule has 0 N–H and O–H groups in total. The predicted octanol–water partition coefficient (Wildman–Crippen LogP) is 4.31. The zero-order valence-electron chi connectivity index (χ0n) is 10.9. The first kappa shape index (κ1) is 14.1. The Morgan fingerprint density at radius 3 is 2.53 bits per heavy atom. The Labute approximate surface area is 122 Å². The summed E-state index contributed by atoms with van der Waals surface area (Å²) >= 11 is 12.1. The number of benzene rings is 1. The van der Waals surface area contributed by atoms with E-state index in [-0.39, 0.29) is 11.8 Å². The first-order valence-electron chi connectivity index (χ1n) is 5.95. The summed E-state index contributed by atoms with van der Waals surface area (Å²) in [6.45, 7) is 5.78. The molecule has 1 heterocycles. The van der Waals surface area contributed by atoms with Crippen LogP contribution in [-0.2, 0) is 0 Å². The quantitative estimate of drug-likeness (QED) is 0.791. The van der Waals surface area contributed by atoms with Gasteiger partial charge in [-0.25, -0.2) is 0 Å². The third-order valence-electron chi connectivity index (χ3n) is 2.89. The van der Waals surface area contributed by atoms with E-state index in [1.807, 2.05) is 26.8 Å². The summed E-state index contributed by atoms with van der Waals surface area (Å²) < 4.78 is 1.62. The fraction of sp³-hybridized carbons (Fsp3) is 0.286. The van der Waals surface area contributed by atoms with Gasteiger partial charge in [0.25, 0.3) is 0 Å². The fourth-order valence-corrected chi connectivity index (χ4v) is 2.21. The number of carbonyl (C=O) groups excluding carboxylic acids is 1. The van der Waals surface area contributed by atoms with Crippen molar-refractivity contribution in [1.29, 1.82) is 0 Å². The van der Waals surface area contributed by atoms with Crippen molar-refractivity contribution in [3.8, 4) is 0 Å². The lowest BCUT2D eigenvalue weighted by molar-refractivity contribution is 0.102. The highest BCUT2D eigenvalue weighted by Crippen LogP contribution is 2.24. The van der Waals surface area contributed by atoms with Gasteiger partial charge in [0.15, 0.2) is 0 Å². The van der Waals surface area contributed by atoms with Crippen molar-refractivity contribution in [2.75, 3.05) is 0 Å². The summed E-state index contributed by atoms with van der Waals surface area (Å²) in [5.74, 6) is -0.168. The molecule has 3 nitrogen and oxygen atoms in total. The number of nitrogens with zero attached hydrogens (tertiary/aromatic N) is 2. The first-order valence-corrected chi connectivity index (χ1v) is 6.71. The predicted molar refractivity (Wildman–Crippen MR) is 77.2 cm³/mol. The van der Waals surface area contributed by atoms with Crippen molar-refractivity contribution >= 4 is 29.0 Å². The van der Waals surface area contributed by atoms with Gasteiger partial charge in [-0.05, 0) is 32.4 Å². The molecule has 0 saturated heterocycles. The van der Waals surface area contributed by atoms with Crippen LogP contribution in [-0.4, -0.2) is 15.6 Å². The smallest absolute Gasteiger partial charge is 0.212 e. The van der Waals surface area contributed by atoms with E-state index >= 15 is 0 Å². The molecule has 0 fully saturated rings. The summed E-state index contributed by atoms with van der Waals surface area (Å²) in [5.41, 5.74) is 1.85. The number of rotatable bonds is 3. The van der Waals surface area contributed by atoms with Gasteiger partial charge in [-0.15, -0.1) is 0 Å². The Morgan fingerprint density at radius 1 is 1.26 bits per heavy atom. The molecular weight excluding hydrogens is 283 g/mol. The van der Waals surface area contributed by atoms with Crippen LogP contribution >= 0.6 is 23.2 Å². The number of aromatic nitrogens is 2. The maximum atomic E-state index is 12.5. The molecule has 0 amide bonds. The van der Waals surface area contributed by atoms with E-state index in [4.69, 9.17) is 23.2 Å². The second kappa shape index (κ2) is 5.35. The van der Waals surface area contributed by atoms with Crippen LogP contribution in [0.25, 0.3) is 0 Å². The molecule has 0 bridgehead atoms. The molecule has 0 atom stereocenters. The second-order valence-electron chi connectivity index (χ2n) is 4.67. The van der Waals surface area contributed by atoms with E-state index in [0.29, 0.717) is 21.3 Å². The zero-order valence-corrected chi connectivity index (χ0v) is 12.5. The summed E-state index contributed by atoms with van der Waals surface area (Å²) in [4.78, 5) is 12.5. The van der Waals surface area contributed by atoms with Crippen molar-refractivity contribution in [3.05, 3.63) is 51.3 Å². The van der Waals surface area contributed by atoms with Crippen LogP contribution in [0.5, 0.6) is 0 Å². The average molecular weight is 297 g/mol. The van der Waals surface area contributed by atoms with E-state index in [0.717, 1.165) is 5.56 Å². The maximum absolute atomic E-state index is 12.5. The van der Waals surface area contributed by atoms with Gasteiger partial charge in [0.2, 0.25) is 5.78 Å². The van der Waals surface area contributed by atoms with Gasteiger partial charge in [-0.2, -0.15) is 5.10 Å². The summed E-state index contributed by atoms with van der Waals surface area (Å²) in [6, 6.07) is 5.29. The van der Waals surface area contributed by atoms with Crippen molar-refractivity contribution in [2.45, 2.75) is 26.8 Å². The Hall–Kier alpha value is -1.32. The average Bonchev–Trinajstić information content (AvgIpc) is 2.74. The number of carbonyl (C=O) groups is 1. The van der Waals surface area contributed by atoms with Crippen LogP contribution in [0.2, 0.25) is 10.0 Å². The normalized spacial score (nSPS) is 11.1. The Balaban J connectivity index is 2.49. The number of hydrogen-bond acceptors (Lipinski definition) is 2. The van der Waals surface area contributed by atoms with Gasteiger partial charge in [-0.1, -0.05) is 35.3 Å². The standard InChI is InChI=1S/C14H14Cl2N2O/c1-8(2)18-13(12(16)7-17-18)14(19)10-5-4-9(3)11(15)6-10/h4-8H,1-3H3. The largest absolute Gasteiger partial charge is 0.287 e. The lowest BCUT2D eigenvalue weighted by Gasteiger charge is -2.11. The molecule has 0 unspecified atom stereocenters. The molecule has 0 aliphatic heterocycles. The van der Waals surface area contributed by atoms with Crippen molar-refractivity contribution in [1.82, 2.24) is 9.78 Å². The topological polar surface area (TPSA) is 34.9 Å². The molecule has 1 aromatic carbocycles. The molecule has 0 aliphatic carbocycles. The van der Waals surface area contributed by atoms with E-state index < -0.39 is 0 Å². The van der Waals surface area contributed by atoms with Gasteiger partial charge < -0.3 is 0 Å². The molecule has 1 aromatic heterocycles. The summed E-state index contributed by atoms with van der Waals surface area (Å²) in [5, 5.41) is 5.06. The number of halogens is 2. The third kappa shape index (κ3) is 2.67. The van der Waals surface area contributed by atoms with Crippen LogP contribution in [0.15, 0.2) is 24.4 Å². The third-order valence-corrected chi connectivity index (χ3v) is 3.57. The van der Waals surface area contributed by atoms with Gasteiger partial charge >= 0.3 is 0 Å². The minimum atomic E-state index is -0.168. The lowest BCUT2D eigenvalue weighted by Crippen LogP contribution is -2.14. The van der Waals surface area contributed by atoms with Gasteiger partial charge in [0.1, 0.15) is 5.69 Å². The maximum Gasteiger partial charge on any atom is 0.212 e. The molecule has 2 aromatic rings. The highest BCUT2D eigenvalue weighted by Gasteiger charge is 2.21. The minimum Gasteiger partial charge on any atom is -0.287 e. The Bertz CT molecular complexity index is 632. The highest BCUT2D eigenvalue weighted by molar-refractivity contribution is 6.35. The molecule has 0 spiro atoms. The molecule has 100 valence electrons. The van der Waals surface area contributed by atoms with Gasteiger partial charge in [0, 0.05) is 16.6 Å². The Kier molecular flexibility index (Phi) is 3.97. The first-order chi connectivity index (χ1) is 8.91. The van der Waals surface area contributed by atoms with Crippen LogP contribution in [0.3, 0.4) is 0 Å². The summed E-state index contributed by atoms with van der Waals surface area (Å²) in [6.07, 6.45) is 1.49. The number of aryl methyl sites for hydroxylation is 1. The molecule has 0 radical (unpaired) electrons. The Morgan fingerprint density at radius 2 is 1.95 bits per heavy atom. The van der Waals surface area contributed by atoms with Gasteiger partial charge in [0.05, 0.1) is 11.2 Å². The zero-order chi connectivity index (χ0) is 14.2. The summed E-state index contributed by atoms with van der Waals surface area (Å²) in [7, 11) is 0. The highest BCUT2D eigenvalue weighted by atomic mass is 35.5. The SMILES string of the molecule is Cc1ccc(C(=O)c2c(Cl)cnn2C(C)C)cc1Cl. The molecular formula is C14H14Cl2N2O. The minimum absolute atomic E-state index is 0.0624. The van der Waals surface area contributed by atoms with Crippen molar-refractivity contribution in [3.63, 3.8) is 0 Å². The molecule has 0 aliphatic rings. The van der Waals surface area contributed by atoms with Crippen LogP contribution < -0.4 is 0 Å².